The number of fused-ring (bicyclic) bond motifs is 1. The normalized spacial score (nSPS) is 11.3. The summed E-state index contributed by atoms with van der Waals surface area (Å²) in [5, 5.41) is 0.353. The number of rotatable bonds is 4. The van der Waals surface area contributed by atoms with Gasteiger partial charge in [-0.25, -0.2) is 4.79 Å². The summed E-state index contributed by atoms with van der Waals surface area (Å²) in [5.74, 6) is -1.16. The van der Waals surface area contributed by atoms with Crippen LogP contribution in [0.3, 0.4) is 0 Å². The second-order valence-corrected chi connectivity index (χ2v) is 6.32. The Labute approximate surface area is 140 Å². The highest BCUT2D eigenvalue weighted by atomic mass is 16.6. The van der Waals surface area contributed by atoms with Crippen molar-refractivity contribution in [2.75, 3.05) is 6.61 Å². The SMILES string of the molecule is CCOC(=O)c1cn(CC(=O)OC(C)(C)C)c2ccccc2c1=O. The van der Waals surface area contributed by atoms with Gasteiger partial charge in [0.25, 0.3) is 0 Å². The van der Waals surface area contributed by atoms with E-state index in [0.717, 1.165) is 0 Å². The van der Waals surface area contributed by atoms with Gasteiger partial charge < -0.3 is 14.0 Å². The minimum Gasteiger partial charge on any atom is -0.462 e. The van der Waals surface area contributed by atoms with Gasteiger partial charge >= 0.3 is 11.9 Å². The van der Waals surface area contributed by atoms with Crippen LogP contribution in [0.5, 0.6) is 0 Å². The Morgan fingerprint density at radius 3 is 2.46 bits per heavy atom. The van der Waals surface area contributed by atoms with Crippen molar-refractivity contribution in [2.24, 2.45) is 0 Å². The summed E-state index contributed by atoms with van der Waals surface area (Å²) in [5.41, 5.74) is -0.569. The number of para-hydroxylation sites is 1. The molecule has 0 aliphatic rings. The van der Waals surface area contributed by atoms with E-state index in [-0.39, 0.29) is 18.7 Å². The van der Waals surface area contributed by atoms with Crippen LogP contribution in [-0.2, 0) is 20.8 Å². The highest BCUT2D eigenvalue weighted by Gasteiger charge is 2.20. The van der Waals surface area contributed by atoms with Gasteiger partial charge in [-0.1, -0.05) is 12.1 Å². The van der Waals surface area contributed by atoms with Crippen LogP contribution in [-0.4, -0.2) is 28.7 Å². The molecule has 2 aromatic rings. The fourth-order valence-corrected chi connectivity index (χ4v) is 2.34. The van der Waals surface area contributed by atoms with E-state index in [1.165, 1.54) is 10.8 Å². The molecule has 0 saturated carbocycles. The van der Waals surface area contributed by atoms with Crippen LogP contribution in [0.2, 0.25) is 0 Å². The summed E-state index contributed by atoms with van der Waals surface area (Å²) in [7, 11) is 0. The maximum atomic E-state index is 12.5. The van der Waals surface area contributed by atoms with Crippen molar-refractivity contribution < 1.29 is 19.1 Å². The number of esters is 2. The average molecular weight is 331 g/mol. The highest BCUT2D eigenvalue weighted by Crippen LogP contribution is 2.14. The molecule has 0 aliphatic carbocycles. The summed E-state index contributed by atoms with van der Waals surface area (Å²) in [6, 6.07) is 6.80. The van der Waals surface area contributed by atoms with Gasteiger partial charge in [-0.2, -0.15) is 0 Å². The van der Waals surface area contributed by atoms with Gasteiger partial charge in [0.15, 0.2) is 0 Å². The van der Waals surface area contributed by atoms with Crippen LogP contribution < -0.4 is 5.43 Å². The summed E-state index contributed by atoms with van der Waals surface area (Å²) >= 11 is 0. The molecule has 0 bridgehead atoms. The van der Waals surface area contributed by atoms with Crippen LogP contribution >= 0.6 is 0 Å². The number of carbonyl (C=O) groups excluding carboxylic acids is 2. The summed E-state index contributed by atoms with van der Waals surface area (Å²) in [4.78, 5) is 36.6. The molecule has 24 heavy (non-hydrogen) atoms. The summed E-state index contributed by atoms with van der Waals surface area (Å²) in [6.45, 7) is 7.05. The first-order chi connectivity index (χ1) is 11.2. The molecule has 0 aliphatic heterocycles. The van der Waals surface area contributed by atoms with Crippen LogP contribution in [0.1, 0.15) is 38.1 Å². The number of nitrogens with zero attached hydrogens (tertiary/aromatic N) is 1. The Hall–Kier alpha value is -2.63. The zero-order chi connectivity index (χ0) is 17.9. The molecular weight excluding hydrogens is 310 g/mol. The van der Waals surface area contributed by atoms with Crippen LogP contribution in [0.4, 0.5) is 0 Å². The van der Waals surface area contributed by atoms with Gasteiger partial charge in [-0.3, -0.25) is 9.59 Å². The second-order valence-electron chi connectivity index (χ2n) is 6.32. The van der Waals surface area contributed by atoms with Gasteiger partial charge in [-0.05, 0) is 39.8 Å². The Kier molecular flexibility index (Phi) is 5.07. The number of aromatic nitrogens is 1. The zero-order valence-electron chi connectivity index (χ0n) is 14.3. The molecule has 128 valence electrons. The Morgan fingerprint density at radius 1 is 1.17 bits per heavy atom. The van der Waals surface area contributed by atoms with Crippen molar-refractivity contribution in [3.8, 4) is 0 Å². The van der Waals surface area contributed by atoms with Crippen molar-refractivity contribution >= 4 is 22.8 Å². The predicted octanol–water partition coefficient (Wildman–Crippen LogP) is 2.52. The highest BCUT2D eigenvalue weighted by molar-refractivity contribution is 5.94. The van der Waals surface area contributed by atoms with Gasteiger partial charge in [0.1, 0.15) is 17.7 Å². The van der Waals surface area contributed by atoms with E-state index in [1.807, 2.05) is 0 Å². The van der Waals surface area contributed by atoms with Crippen molar-refractivity contribution in [2.45, 2.75) is 39.8 Å². The van der Waals surface area contributed by atoms with Gasteiger partial charge in [0.2, 0.25) is 5.43 Å². The van der Waals surface area contributed by atoms with Crippen molar-refractivity contribution in [1.82, 2.24) is 4.57 Å². The average Bonchev–Trinajstić information content (AvgIpc) is 2.48. The third kappa shape index (κ3) is 4.01. The van der Waals surface area contributed by atoms with Gasteiger partial charge in [-0.15, -0.1) is 0 Å². The van der Waals surface area contributed by atoms with Crippen LogP contribution in [0.25, 0.3) is 10.9 Å². The molecule has 1 aromatic heterocycles. The molecule has 0 N–H and O–H groups in total. The predicted molar refractivity (Wildman–Crippen MR) is 90.0 cm³/mol. The van der Waals surface area contributed by atoms with Crippen molar-refractivity contribution in [3.05, 3.63) is 46.2 Å². The standard InChI is InChI=1S/C18H21NO5/c1-5-23-17(22)13-10-19(11-15(20)24-18(2,3)4)14-9-7-6-8-12(14)16(13)21/h6-10H,5,11H2,1-4H3. The minimum atomic E-state index is -0.703. The van der Waals surface area contributed by atoms with Crippen LogP contribution in [0.15, 0.2) is 35.3 Å². The number of carbonyl (C=O) groups is 2. The molecule has 0 unspecified atom stereocenters. The fraction of sp³-hybridized carbons (Fsp3) is 0.389. The number of pyridine rings is 1. The number of benzene rings is 1. The Balaban J connectivity index is 2.52. The third-order valence-electron chi connectivity index (χ3n) is 3.20. The molecule has 0 radical (unpaired) electrons. The lowest BCUT2D eigenvalue weighted by molar-refractivity contribution is -0.155. The second kappa shape index (κ2) is 6.86. The van der Waals surface area contributed by atoms with Crippen molar-refractivity contribution in [3.63, 3.8) is 0 Å². The summed E-state index contributed by atoms with van der Waals surface area (Å²) in [6.07, 6.45) is 1.35. The summed E-state index contributed by atoms with van der Waals surface area (Å²) < 4.78 is 11.8. The third-order valence-corrected chi connectivity index (χ3v) is 3.20. The van der Waals surface area contributed by atoms with Crippen molar-refractivity contribution in [1.29, 1.82) is 0 Å². The minimum absolute atomic E-state index is 0.0980. The topological polar surface area (TPSA) is 74.6 Å². The maximum absolute atomic E-state index is 12.5. The van der Waals surface area contributed by atoms with E-state index in [4.69, 9.17) is 9.47 Å². The fourth-order valence-electron chi connectivity index (χ4n) is 2.34. The first kappa shape index (κ1) is 17.7. The van der Waals surface area contributed by atoms with Gasteiger partial charge in [0.05, 0.1) is 12.1 Å². The first-order valence-corrected chi connectivity index (χ1v) is 7.74. The maximum Gasteiger partial charge on any atom is 0.343 e. The van der Waals surface area contributed by atoms with E-state index < -0.39 is 23.0 Å². The Bertz CT molecular complexity index is 829. The molecule has 0 spiro atoms. The molecule has 6 heteroatoms. The molecule has 2 rings (SSSR count). The lowest BCUT2D eigenvalue weighted by atomic mass is 10.1. The molecule has 1 aromatic carbocycles. The molecule has 1 heterocycles. The molecule has 6 nitrogen and oxygen atoms in total. The monoisotopic (exact) mass is 331 g/mol. The Morgan fingerprint density at radius 2 is 1.83 bits per heavy atom. The quantitative estimate of drug-likeness (QED) is 0.805. The van der Waals surface area contributed by atoms with Gasteiger partial charge in [0, 0.05) is 11.6 Å². The van der Waals surface area contributed by atoms with E-state index in [0.29, 0.717) is 10.9 Å². The lowest BCUT2D eigenvalue weighted by Gasteiger charge is -2.20. The molecule has 0 amide bonds. The number of hydrogen-bond donors (Lipinski definition) is 0. The van der Waals surface area contributed by atoms with E-state index in [9.17, 15) is 14.4 Å². The van der Waals surface area contributed by atoms with Crippen LogP contribution in [0, 0.1) is 0 Å². The number of hydrogen-bond acceptors (Lipinski definition) is 5. The zero-order valence-corrected chi connectivity index (χ0v) is 14.3. The van der Waals surface area contributed by atoms with E-state index in [1.54, 1.807) is 52.0 Å². The molecular formula is C18H21NO5. The molecule has 0 fully saturated rings. The molecule has 0 saturated heterocycles. The smallest absolute Gasteiger partial charge is 0.343 e. The number of ether oxygens (including phenoxy) is 2. The van der Waals surface area contributed by atoms with E-state index in [2.05, 4.69) is 0 Å². The lowest BCUT2D eigenvalue weighted by Crippen LogP contribution is -2.28. The first-order valence-electron chi connectivity index (χ1n) is 7.74. The van der Waals surface area contributed by atoms with E-state index >= 15 is 0 Å². The molecule has 0 atom stereocenters. The largest absolute Gasteiger partial charge is 0.462 e.